The molecule has 8 heteroatoms. The minimum absolute atomic E-state index is 0.0504. The number of hydrogen-bond acceptors (Lipinski definition) is 5. The van der Waals surface area contributed by atoms with Gasteiger partial charge >= 0.3 is 0 Å². The Morgan fingerprint density at radius 3 is 2.68 bits per heavy atom. The van der Waals surface area contributed by atoms with Gasteiger partial charge in [-0.25, -0.2) is 0 Å². The van der Waals surface area contributed by atoms with Crippen LogP contribution < -0.4 is 4.74 Å². The van der Waals surface area contributed by atoms with Gasteiger partial charge in [0.2, 0.25) is 0 Å². The first-order chi connectivity index (χ1) is 12.1. The first-order valence-electron chi connectivity index (χ1n) is 8.67. The van der Waals surface area contributed by atoms with Gasteiger partial charge < -0.3 is 14.2 Å². The van der Waals surface area contributed by atoms with Crippen molar-refractivity contribution in [3.05, 3.63) is 29.8 Å². The van der Waals surface area contributed by atoms with Crippen LogP contribution in [0.25, 0.3) is 0 Å². The Bertz CT molecular complexity index is 655. The Balaban J connectivity index is 1.83. The van der Waals surface area contributed by atoms with Crippen molar-refractivity contribution in [3.63, 3.8) is 0 Å². The summed E-state index contributed by atoms with van der Waals surface area (Å²) in [5.41, 5.74) is 0.847. The number of ether oxygens (including phenoxy) is 3. The summed E-state index contributed by atoms with van der Waals surface area (Å²) >= 11 is 0. The minimum Gasteiger partial charge on any atom is -0.496 e. The first-order valence-corrected chi connectivity index (χ1v) is 10.1. The number of nitrogens with zero attached hydrogens (tertiary/aromatic N) is 2. The molecule has 0 N–H and O–H groups in total. The quantitative estimate of drug-likeness (QED) is 0.723. The zero-order valence-corrected chi connectivity index (χ0v) is 15.4. The molecule has 25 heavy (non-hydrogen) atoms. The normalized spacial score (nSPS) is 22.4. The summed E-state index contributed by atoms with van der Waals surface area (Å²) in [6.45, 7) is 2.96. The lowest BCUT2D eigenvalue weighted by molar-refractivity contribution is 0.0650. The van der Waals surface area contributed by atoms with Crippen LogP contribution in [0.5, 0.6) is 5.75 Å². The van der Waals surface area contributed by atoms with Crippen molar-refractivity contribution in [2.24, 2.45) is 0 Å². The second-order valence-electron chi connectivity index (χ2n) is 6.26. The molecule has 7 nitrogen and oxygen atoms in total. The molecule has 2 aliphatic rings. The molecule has 0 amide bonds. The maximum Gasteiger partial charge on any atom is 0.282 e. The lowest BCUT2D eigenvalue weighted by Crippen LogP contribution is -2.50. The van der Waals surface area contributed by atoms with Crippen molar-refractivity contribution in [1.82, 2.24) is 8.61 Å². The van der Waals surface area contributed by atoms with Gasteiger partial charge in [0, 0.05) is 38.3 Å². The Labute approximate surface area is 149 Å². The summed E-state index contributed by atoms with van der Waals surface area (Å²) < 4.78 is 45.7. The lowest BCUT2D eigenvalue weighted by atomic mass is 10.2. The average Bonchev–Trinajstić information content (AvgIpc) is 3.15. The number of morpholine rings is 1. The fourth-order valence-corrected chi connectivity index (χ4v) is 4.81. The number of methoxy groups -OCH3 is 1. The van der Waals surface area contributed by atoms with E-state index in [1.54, 1.807) is 7.11 Å². The van der Waals surface area contributed by atoms with Crippen LogP contribution in [0.3, 0.4) is 0 Å². The molecule has 0 unspecified atom stereocenters. The standard InChI is InChI=1S/C17H26N2O5S/c1-22-17-7-3-2-5-15(17)13-19(14-16-6-4-10-24-16)25(20,21)18-8-11-23-12-9-18/h2-3,5,7,16H,4,6,8-14H2,1H3/t16-/m0/s1. The van der Waals surface area contributed by atoms with E-state index >= 15 is 0 Å². The fraction of sp³-hybridized carbons (Fsp3) is 0.647. The number of para-hydroxylation sites is 1. The maximum atomic E-state index is 13.2. The zero-order chi connectivity index (χ0) is 17.7. The van der Waals surface area contributed by atoms with Crippen molar-refractivity contribution in [3.8, 4) is 5.75 Å². The molecule has 2 fully saturated rings. The van der Waals surface area contributed by atoms with E-state index in [1.807, 2.05) is 24.3 Å². The molecule has 0 spiro atoms. The van der Waals surface area contributed by atoms with E-state index in [1.165, 1.54) is 8.61 Å². The lowest BCUT2D eigenvalue weighted by Gasteiger charge is -2.33. The summed E-state index contributed by atoms with van der Waals surface area (Å²) in [6, 6.07) is 7.52. The Hall–Kier alpha value is -1.19. The monoisotopic (exact) mass is 370 g/mol. The molecular weight excluding hydrogens is 344 g/mol. The first kappa shape index (κ1) is 18.6. The number of hydrogen-bond donors (Lipinski definition) is 0. The molecule has 1 aromatic rings. The van der Waals surface area contributed by atoms with E-state index < -0.39 is 10.2 Å². The third kappa shape index (κ3) is 4.51. The summed E-state index contributed by atoms with van der Waals surface area (Å²) in [7, 11) is -1.99. The van der Waals surface area contributed by atoms with Crippen molar-refractivity contribution in [1.29, 1.82) is 0 Å². The molecule has 140 valence electrons. The van der Waals surface area contributed by atoms with E-state index in [4.69, 9.17) is 14.2 Å². The molecule has 2 aliphatic heterocycles. The molecule has 0 aliphatic carbocycles. The van der Waals surface area contributed by atoms with Crippen LogP contribution in [0, 0.1) is 0 Å². The third-order valence-corrected chi connectivity index (χ3v) is 6.54. The molecule has 0 aromatic heterocycles. The van der Waals surface area contributed by atoms with Crippen LogP contribution in [-0.2, 0) is 26.2 Å². The second-order valence-corrected chi connectivity index (χ2v) is 8.19. The Morgan fingerprint density at radius 2 is 2.00 bits per heavy atom. The van der Waals surface area contributed by atoms with Gasteiger partial charge in [-0.05, 0) is 18.9 Å². The largest absolute Gasteiger partial charge is 0.496 e. The van der Waals surface area contributed by atoms with Gasteiger partial charge in [0.15, 0.2) is 0 Å². The van der Waals surface area contributed by atoms with Gasteiger partial charge in [-0.3, -0.25) is 0 Å². The van der Waals surface area contributed by atoms with Crippen molar-refractivity contribution in [2.45, 2.75) is 25.5 Å². The fourth-order valence-electron chi connectivity index (χ4n) is 3.22. The van der Waals surface area contributed by atoms with Crippen molar-refractivity contribution < 1.29 is 22.6 Å². The Kier molecular flexibility index (Phi) is 6.29. The van der Waals surface area contributed by atoms with Gasteiger partial charge in [-0.2, -0.15) is 17.0 Å². The molecule has 0 saturated carbocycles. The highest BCUT2D eigenvalue weighted by atomic mass is 32.2. The van der Waals surface area contributed by atoms with Gasteiger partial charge in [-0.15, -0.1) is 0 Å². The molecule has 2 saturated heterocycles. The highest BCUT2D eigenvalue weighted by molar-refractivity contribution is 7.86. The molecule has 3 rings (SSSR count). The van der Waals surface area contributed by atoms with Crippen LogP contribution in [0.2, 0.25) is 0 Å². The average molecular weight is 370 g/mol. The maximum absolute atomic E-state index is 13.2. The number of rotatable bonds is 7. The third-order valence-electron chi connectivity index (χ3n) is 4.59. The van der Waals surface area contributed by atoms with Crippen molar-refractivity contribution in [2.75, 3.05) is 46.6 Å². The van der Waals surface area contributed by atoms with Crippen LogP contribution >= 0.6 is 0 Å². The molecular formula is C17H26N2O5S. The van der Waals surface area contributed by atoms with Gasteiger partial charge in [0.1, 0.15) is 5.75 Å². The number of benzene rings is 1. The molecule has 2 heterocycles. The molecule has 1 aromatic carbocycles. The van der Waals surface area contributed by atoms with E-state index in [0.29, 0.717) is 45.2 Å². The SMILES string of the molecule is COc1ccccc1CN(C[C@@H]1CCCO1)S(=O)(=O)N1CCOCC1. The summed E-state index contributed by atoms with van der Waals surface area (Å²) in [4.78, 5) is 0. The van der Waals surface area contributed by atoms with Crippen LogP contribution in [0.15, 0.2) is 24.3 Å². The highest BCUT2D eigenvalue weighted by Gasteiger charge is 2.34. The van der Waals surface area contributed by atoms with E-state index in [2.05, 4.69) is 0 Å². The van der Waals surface area contributed by atoms with Crippen LogP contribution in [0.1, 0.15) is 18.4 Å². The van der Waals surface area contributed by atoms with E-state index in [-0.39, 0.29) is 12.6 Å². The minimum atomic E-state index is -3.58. The molecule has 0 bridgehead atoms. The zero-order valence-electron chi connectivity index (χ0n) is 14.6. The molecule has 1 atom stereocenters. The van der Waals surface area contributed by atoms with Crippen LogP contribution in [0.4, 0.5) is 0 Å². The summed E-state index contributed by atoms with van der Waals surface area (Å²) in [5.74, 6) is 0.692. The topological polar surface area (TPSA) is 68.3 Å². The molecule has 0 radical (unpaired) electrons. The van der Waals surface area contributed by atoms with E-state index in [9.17, 15) is 8.42 Å². The summed E-state index contributed by atoms with van der Waals surface area (Å²) in [6.07, 6.45) is 1.82. The second kappa shape index (κ2) is 8.46. The van der Waals surface area contributed by atoms with Gasteiger partial charge in [-0.1, -0.05) is 18.2 Å². The van der Waals surface area contributed by atoms with Gasteiger partial charge in [0.05, 0.1) is 26.4 Å². The highest BCUT2D eigenvalue weighted by Crippen LogP contribution is 2.24. The predicted octanol–water partition coefficient (Wildman–Crippen LogP) is 1.25. The smallest absolute Gasteiger partial charge is 0.282 e. The van der Waals surface area contributed by atoms with E-state index in [0.717, 1.165) is 18.4 Å². The summed E-state index contributed by atoms with van der Waals surface area (Å²) in [5, 5.41) is 0. The van der Waals surface area contributed by atoms with Crippen molar-refractivity contribution >= 4 is 10.2 Å². The predicted molar refractivity (Wildman–Crippen MR) is 93.7 cm³/mol. The van der Waals surface area contributed by atoms with Crippen LogP contribution in [-0.4, -0.2) is 69.7 Å². The van der Waals surface area contributed by atoms with Gasteiger partial charge in [0.25, 0.3) is 10.2 Å². The Morgan fingerprint density at radius 1 is 1.24 bits per heavy atom.